The van der Waals surface area contributed by atoms with Crippen molar-refractivity contribution in [3.8, 4) is 0 Å². The molecule has 8 nitrogen and oxygen atoms in total. The zero-order valence-electron chi connectivity index (χ0n) is 23.8. The number of halogens is 1. The molecule has 0 radical (unpaired) electrons. The number of rotatable bonds is 13. The van der Waals surface area contributed by atoms with Gasteiger partial charge in [-0.05, 0) is 37.3 Å². The van der Waals surface area contributed by atoms with Gasteiger partial charge in [-0.1, -0.05) is 63.1 Å². The van der Waals surface area contributed by atoms with Crippen LogP contribution in [-0.2, 0) is 19.1 Å². The second kappa shape index (κ2) is 12.5. The average Bonchev–Trinajstić information content (AvgIpc) is 3.59. The van der Waals surface area contributed by atoms with E-state index in [1.807, 2.05) is 20.8 Å². The highest BCUT2D eigenvalue weighted by Gasteiger charge is 2.75. The molecule has 3 aliphatic rings. The maximum Gasteiger partial charge on any atom is 0.253 e. The van der Waals surface area contributed by atoms with Gasteiger partial charge in [0.25, 0.3) is 5.91 Å². The first-order chi connectivity index (χ1) is 19.2. The van der Waals surface area contributed by atoms with Gasteiger partial charge in [0.05, 0.1) is 41.3 Å². The number of carbonyl (C=O) groups excluding carboxylic acids is 3. The number of hydrogen-bond donors (Lipinski definition) is 1. The van der Waals surface area contributed by atoms with Gasteiger partial charge in [0.2, 0.25) is 11.8 Å². The largest absolute Gasteiger partial charge is 0.394 e. The predicted molar refractivity (Wildman–Crippen MR) is 156 cm³/mol. The lowest BCUT2D eigenvalue weighted by atomic mass is 9.70. The smallest absolute Gasteiger partial charge is 0.253 e. The van der Waals surface area contributed by atoms with Crippen LogP contribution in [0.15, 0.2) is 49.6 Å². The average molecular weight is 572 g/mol. The number of fused-ring (bicyclic) bond motifs is 1. The molecule has 4 rings (SSSR count). The molecule has 3 aliphatic heterocycles. The molecule has 40 heavy (non-hydrogen) atoms. The van der Waals surface area contributed by atoms with Crippen molar-refractivity contribution < 1.29 is 24.2 Å². The summed E-state index contributed by atoms with van der Waals surface area (Å²) < 4.78 is 6.64. The van der Waals surface area contributed by atoms with Crippen molar-refractivity contribution in [1.29, 1.82) is 0 Å². The van der Waals surface area contributed by atoms with Crippen molar-refractivity contribution in [3.05, 3.63) is 54.6 Å². The lowest BCUT2D eigenvalue weighted by molar-refractivity contribution is -0.148. The summed E-state index contributed by atoms with van der Waals surface area (Å²) in [5.41, 5.74) is -0.669. The number of carbonyl (C=O) groups is 3. The Kier molecular flexibility index (Phi) is 9.43. The van der Waals surface area contributed by atoms with Gasteiger partial charge in [-0.2, -0.15) is 0 Å². The molecule has 7 atom stereocenters. The van der Waals surface area contributed by atoms with Crippen LogP contribution in [0.4, 0.5) is 5.69 Å². The summed E-state index contributed by atoms with van der Waals surface area (Å²) in [6.45, 7) is 14.4. The highest BCUT2D eigenvalue weighted by Crippen LogP contribution is 2.59. The summed E-state index contributed by atoms with van der Waals surface area (Å²) in [6.07, 6.45) is 5.37. The van der Waals surface area contributed by atoms with Gasteiger partial charge in [-0.25, -0.2) is 0 Å². The SMILES string of the molecule is C=CCN(CCC)C(=O)[C@@H]1[C@@H]2CCC3(O2)C(C(=O)N(CC=C)c2ccccc2Cl)N([C@@H](CO)[C@@H](C)CC)C(=O)[C@H]13. The first-order valence-corrected chi connectivity index (χ1v) is 14.8. The first-order valence-electron chi connectivity index (χ1n) is 14.4. The van der Waals surface area contributed by atoms with E-state index < -0.39 is 35.6 Å². The van der Waals surface area contributed by atoms with Crippen molar-refractivity contribution in [3.63, 3.8) is 0 Å². The normalized spacial score (nSPS) is 28.2. The fraction of sp³-hybridized carbons (Fsp3) is 0.581. The third kappa shape index (κ3) is 4.88. The van der Waals surface area contributed by atoms with Gasteiger partial charge < -0.3 is 24.5 Å². The molecule has 3 saturated heterocycles. The molecule has 3 heterocycles. The Morgan fingerprint density at radius 3 is 2.52 bits per heavy atom. The lowest BCUT2D eigenvalue weighted by Crippen LogP contribution is -2.60. The van der Waals surface area contributed by atoms with Crippen LogP contribution in [0.25, 0.3) is 0 Å². The molecular weight excluding hydrogens is 530 g/mol. The van der Waals surface area contributed by atoms with E-state index in [1.54, 1.807) is 46.2 Å². The van der Waals surface area contributed by atoms with E-state index in [0.29, 0.717) is 43.1 Å². The van der Waals surface area contributed by atoms with Crippen LogP contribution >= 0.6 is 11.6 Å². The second-order valence-electron chi connectivity index (χ2n) is 11.2. The van der Waals surface area contributed by atoms with Crippen LogP contribution in [0.5, 0.6) is 0 Å². The Bertz CT molecular complexity index is 1140. The summed E-state index contributed by atoms with van der Waals surface area (Å²) in [6, 6.07) is 5.43. The van der Waals surface area contributed by atoms with Crippen molar-refractivity contribution in [1.82, 2.24) is 9.80 Å². The molecule has 2 bridgehead atoms. The molecule has 3 fully saturated rings. The molecule has 0 aromatic heterocycles. The van der Waals surface area contributed by atoms with Crippen LogP contribution in [-0.4, -0.2) is 82.7 Å². The number of likely N-dealkylation sites (tertiary alicyclic amines) is 1. The molecular formula is C31H42ClN3O5. The number of ether oxygens (including phenoxy) is 1. The minimum atomic E-state index is -1.17. The highest BCUT2D eigenvalue weighted by atomic mass is 35.5. The molecule has 2 unspecified atom stereocenters. The van der Waals surface area contributed by atoms with Gasteiger partial charge in [-0.15, -0.1) is 13.2 Å². The fourth-order valence-electron chi connectivity index (χ4n) is 7.01. The number of anilines is 1. The number of aliphatic hydroxyl groups is 1. The number of nitrogens with zero attached hydrogens (tertiary/aromatic N) is 3. The Morgan fingerprint density at radius 1 is 1.23 bits per heavy atom. The molecule has 1 aromatic rings. The number of para-hydroxylation sites is 1. The van der Waals surface area contributed by atoms with E-state index >= 15 is 0 Å². The van der Waals surface area contributed by atoms with Gasteiger partial charge in [0, 0.05) is 19.6 Å². The molecule has 1 aromatic carbocycles. The summed E-state index contributed by atoms with van der Waals surface area (Å²) in [4.78, 5) is 47.9. The summed E-state index contributed by atoms with van der Waals surface area (Å²) >= 11 is 6.54. The molecule has 9 heteroatoms. The Balaban J connectivity index is 1.84. The lowest BCUT2D eigenvalue weighted by Gasteiger charge is -2.41. The van der Waals surface area contributed by atoms with E-state index in [2.05, 4.69) is 13.2 Å². The Morgan fingerprint density at radius 2 is 1.93 bits per heavy atom. The Labute approximate surface area is 242 Å². The standard InChI is InChI=1S/C31H42ClN3O5/c1-6-16-33(17-7-2)28(37)25-24-14-15-31(40-24)26(25)29(38)35(23(19-36)20(5)9-4)27(31)30(39)34(18-8-3)22-13-11-10-12-21(22)32/h6,8,10-13,20,23-27,36H,1,3,7,9,14-19H2,2,4-5H3/t20-,23-,24-,25+,26-,27?,31?/m0/s1. The van der Waals surface area contributed by atoms with Crippen molar-refractivity contribution in [2.24, 2.45) is 17.8 Å². The molecule has 0 aliphatic carbocycles. The van der Waals surface area contributed by atoms with Crippen molar-refractivity contribution in [2.75, 3.05) is 31.1 Å². The number of benzene rings is 1. The molecule has 0 saturated carbocycles. The maximum absolute atomic E-state index is 14.7. The van der Waals surface area contributed by atoms with Crippen LogP contribution in [0.2, 0.25) is 5.02 Å². The van der Waals surface area contributed by atoms with E-state index in [9.17, 15) is 19.5 Å². The van der Waals surface area contributed by atoms with Crippen LogP contribution in [0.1, 0.15) is 46.5 Å². The van der Waals surface area contributed by atoms with E-state index in [4.69, 9.17) is 16.3 Å². The third-order valence-electron chi connectivity index (χ3n) is 8.98. The van der Waals surface area contributed by atoms with Crippen LogP contribution in [0, 0.1) is 17.8 Å². The molecule has 3 amide bonds. The fourth-order valence-corrected chi connectivity index (χ4v) is 7.24. The maximum atomic E-state index is 14.7. The summed E-state index contributed by atoms with van der Waals surface area (Å²) in [5.74, 6) is -2.39. The second-order valence-corrected chi connectivity index (χ2v) is 11.6. The zero-order valence-corrected chi connectivity index (χ0v) is 24.6. The first kappa shape index (κ1) is 30.3. The van der Waals surface area contributed by atoms with Gasteiger partial charge in [-0.3, -0.25) is 14.4 Å². The molecule has 1 spiro atoms. The highest BCUT2D eigenvalue weighted by molar-refractivity contribution is 6.34. The van der Waals surface area contributed by atoms with Gasteiger partial charge >= 0.3 is 0 Å². The van der Waals surface area contributed by atoms with E-state index in [1.165, 1.54) is 4.90 Å². The molecule has 1 N–H and O–H groups in total. The van der Waals surface area contributed by atoms with Crippen molar-refractivity contribution >= 4 is 35.0 Å². The third-order valence-corrected chi connectivity index (χ3v) is 9.30. The van der Waals surface area contributed by atoms with E-state index in [-0.39, 0.29) is 36.8 Å². The van der Waals surface area contributed by atoms with Crippen LogP contribution in [0.3, 0.4) is 0 Å². The number of aliphatic hydroxyl groups excluding tert-OH is 1. The summed E-state index contributed by atoms with van der Waals surface area (Å²) in [5, 5.41) is 11.0. The minimum Gasteiger partial charge on any atom is -0.394 e. The monoisotopic (exact) mass is 571 g/mol. The number of amides is 3. The number of hydrogen-bond acceptors (Lipinski definition) is 5. The van der Waals surface area contributed by atoms with Gasteiger partial charge in [0.15, 0.2) is 0 Å². The topological polar surface area (TPSA) is 90.4 Å². The molecule has 218 valence electrons. The van der Waals surface area contributed by atoms with Crippen LogP contribution < -0.4 is 4.90 Å². The zero-order chi connectivity index (χ0) is 29.2. The predicted octanol–water partition coefficient (Wildman–Crippen LogP) is 4.07. The van der Waals surface area contributed by atoms with E-state index in [0.717, 1.165) is 6.42 Å². The van der Waals surface area contributed by atoms with Gasteiger partial charge in [0.1, 0.15) is 11.6 Å². The summed E-state index contributed by atoms with van der Waals surface area (Å²) in [7, 11) is 0. The Hall–Kier alpha value is -2.68. The quantitative estimate of drug-likeness (QED) is 0.361. The minimum absolute atomic E-state index is 0.0867. The van der Waals surface area contributed by atoms with Crippen molar-refractivity contribution in [2.45, 2.75) is 70.2 Å².